The van der Waals surface area contributed by atoms with Crippen molar-refractivity contribution in [3.63, 3.8) is 0 Å². The summed E-state index contributed by atoms with van der Waals surface area (Å²) in [5, 5.41) is 42.9. The number of halogens is 1. The molecule has 39 heavy (non-hydrogen) atoms. The van der Waals surface area contributed by atoms with Gasteiger partial charge in [-0.15, -0.1) is 10.1 Å². The highest BCUT2D eigenvalue weighted by molar-refractivity contribution is 6.30. The molecule has 1 amide bonds. The molecule has 4 N–H and O–H groups in total. The zero-order valence-corrected chi connectivity index (χ0v) is 22.2. The molecule has 1 aliphatic rings. The third-order valence-corrected chi connectivity index (χ3v) is 6.25. The summed E-state index contributed by atoms with van der Waals surface area (Å²) in [7, 11) is 0. The molecule has 12 nitrogen and oxygen atoms in total. The molecular weight excluding hydrogens is 536 g/mol. The number of unbranched alkanes of at least 4 members (excludes halogenated alkanes) is 1. The largest absolute Gasteiger partial charge is 0.491 e. The fraction of sp³-hybridized carbons (Fsp3) is 0.538. The van der Waals surface area contributed by atoms with E-state index in [2.05, 4.69) is 14.9 Å². The van der Waals surface area contributed by atoms with Gasteiger partial charge in [-0.05, 0) is 43.4 Å². The quantitative estimate of drug-likeness (QED) is 0.0711. The predicted molar refractivity (Wildman–Crippen MR) is 140 cm³/mol. The van der Waals surface area contributed by atoms with Gasteiger partial charge in [-0.3, -0.25) is 9.59 Å². The second kappa shape index (κ2) is 17.4. The molecule has 1 aromatic carbocycles. The van der Waals surface area contributed by atoms with Crippen LogP contribution in [0.25, 0.3) is 0 Å². The number of nitrogens with one attached hydrogen (secondary N) is 1. The lowest BCUT2D eigenvalue weighted by Crippen LogP contribution is -2.31. The second-order valence-electron chi connectivity index (χ2n) is 8.99. The van der Waals surface area contributed by atoms with Crippen molar-refractivity contribution in [1.29, 1.82) is 0 Å². The normalized spacial score (nSPS) is 21.6. The van der Waals surface area contributed by atoms with E-state index in [1.54, 1.807) is 36.4 Å². The smallest absolute Gasteiger partial charge is 0.325 e. The summed E-state index contributed by atoms with van der Waals surface area (Å²) in [6.45, 7) is -0.997. The van der Waals surface area contributed by atoms with Crippen LogP contribution in [0.15, 0.2) is 48.6 Å². The van der Waals surface area contributed by atoms with Gasteiger partial charge in [0.2, 0.25) is 5.91 Å². The maximum Gasteiger partial charge on any atom is 0.325 e. The van der Waals surface area contributed by atoms with Crippen molar-refractivity contribution < 1.29 is 44.3 Å². The van der Waals surface area contributed by atoms with Gasteiger partial charge < -0.3 is 34.9 Å². The van der Waals surface area contributed by atoms with E-state index in [1.165, 1.54) is 0 Å². The molecule has 0 bridgehead atoms. The Morgan fingerprint density at radius 2 is 2.03 bits per heavy atom. The van der Waals surface area contributed by atoms with Gasteiger partial charge >= 0.3 is 5.97 Å². The Balaban J connectivity index is 1.66. The SMILES string of the molecule is O=C(CCCC=CC[C@@H]1[C@@H](C=C[C@@H](O)COc2cccc(Cl)c2)[C@H](O)C[C@@H]1O)NCC(=O)OCCO[N+](=O)[O-]. The first kappa shape index (κ1) is 32.0. The number of rotatable bonds is 17. The molecule has 0 heterocycles. The minimum atomic E-state index is -0.994. The molecule has 1 saturated carbocycles. The van der Waals surface area contributed by atoms with Crippen LogP contribution in [0.2, 0.25) is 5.02 Å². The van der Waals surface area contributed by atoms with E-state index >= 15 is 0 Å². The maximum absolute atomic E-state index is 11.8. The molecule has 0 saturated heterocycles. The molecule has 0 aliphatic heterocycles. The minimum absolute atomic E-state index is 0.0143. The van der Waals surface area contributed by atoms with Gasteiger partial charge in [0.1, 0.15) is 38.2 Å². The number of hydrogen-bond acceptors (Lipinski definition) is 10. The summed E-state index contributed by atoms with van der Waals surface area (Å²) < 4.78 is 10.2. The first-order valence-electron chi connectivity index (χ1n) is 12.6. The third-order valence-electron chi connectivity index (χ3n) is 6.01. The monoisotopic (exact) mass is 570 g/mol. The lowest BCUT2D eigenvalue weighted by Gasteiger charge is -2.19. The molecule has 0 aromatic heterocycles. The van der Waals surface area contributed by atoms with Gasteiger partial charge in [-0.25, -0.2) is 0 Å². The van der Waals surface area contributed by atoms with Gasteiger partial charge in [0.25, 0.3) is 5.09 Å². The Morgan fingerprint density at radius 3 is 2.77 bits per heavy atom. The van der Waals surface area contributed by atoms with E-state index in [1.807, 2.05) is 12.2 Å². The van der Waals surface area contributed by atoms with Crippen molar-refractivity contribution in [1.82, 2.24) is 5.32 Å². The van der Waals surface area contributed by atoms with Crippen LogP contribution in [-0.2, 0) is 19.2 Å². The molecule has 1 fully saturated rings. The predicted octanol–water partition coefficient (Wildman–Crippen LogP) is 1.98. The van der Waals surface area contributed by atoms with Gasteiger partial charge in [-0.1, -0.05) is 42.0 Å². The maximum atomic E-state index is 11.8. The highest BCUT2D eigenvalue weighted by Crippen LogP contribution is 2.36. The minimum Gasteiger partial charge on any atom is -0.491 e. The van der Waals surface area contributed by atoms with Gasteiger partial charge in [0.15, 0.2) is 0 Å². The van der Waals surface area contributed by atoms with E-state index in [9.17, 15) is 35.0 Å². The number of hydrogen-bond donors (Lipinski definition) is 4. The van der Waals surface area contributed by atoms with Crippen LogP contribution in [0.5, 0.6) is 5.75 Å². The van der Waals surface area contributed by atoms with E-state index in [0.29, 0.717) is 30.0 Å². The highest BCUT2D eigenvalue weighted by Gasteiger charge is 2.39. The van der Waals surface area contributed by atoms with Gasteiger partial charge in [0.05, 0.1) is 12.2 Å². The Kier molecular flexibility index (Phi) is 14.3. The summed E-state index contributed by atoms with van der Waals surface area (Å²) in [5.74, 6) is -1.08. The molecule has 216 valence electrons. The molecule has 0 unspecified atom stereocenters. The lowest BCUT2D eigenvalue weighted by atomic mass is 9.89. The van der Waals surface area contributed by atoms with Crippen LogP contribution in [0.3, 0.4) is 0 Å². The van der Waals surface area contributed by atoms with Gasteiger partial charge in [-0.2, -0.15) is 0 Å². The summed E-state index contributed by atoms with van der Waals surface area (Å²) in [6.07, 6.45) is 6.83. The Morgan fingerprint density at radius 1 is 1.23 bits per heavy atom. The molecule has 13 heteroatoms. The van der Waals surface area contributed by atoms with E-state index in [0.717, 1.165) is 0 Å². The van der Waals surface area contributed by atoms with Crippen molar-refractivity contribution in [2.45, 2.75) is 50.4 Å². The Bertz CT molecular complexity index is 989. The van der Waals surface area contributed by atoms with Crippen LogP contribution in [0.4, 0.5) is 0 Å². The summed E-state index contributed by atoms with van der Waals surface area (Å²) in [4.78, 5) is 37.3. The molecule has 1 aliphatic carbocycles. The number of allylic oxidation sites excluding steroid dienone is 2. The van der Waals surface area contributed by atoms with Crippen molar-refractivity contribution in [2.24, 2.45) is 11.8 Å². The fourth-order valence-corrected chi connectivity index (χ4v) is 4.27. The summed E-state index contributed by atoms with van der Waals surface area (Å²) >= 11 is 5.92. The van der Waals surface area contributed by atoms with Gasteiger partial charge in [0, 0.05) is 23.8 Å². The number of ether oxygens (including phenoxy) is 2. The van der Waals surface area contributed by atoms with Crippen LogP contribution in [0.1, 0.15) is 32.1 Å². The Labute approximate surface area is 231 Å². The summed E-state index contributed by atoms with van der Waals surface area (Å²) in [6, 6.07) is 6.83. The average Bonchev–Trinajstić information content (AvgIpc) is 3.16. The number of aliphatic hydroxyl groups excluding tert-OH is 3. The van der Waals surface area contributed by atoms with E-state index in [-0.39, 0.29) is 57.0 Å². The van der Waals surface area contributed by atoms with Crippen molar-refractivity contribution >= 4 is 23.5 Å². The first-order valence-corrected chi connectivity index (χ1v) is 13.0. The number of esters is 1. The standard InChI is InChI=1S/C26H35ClN2O10/c27-18-6-5-7-20(14-18)38-17-19(30)10-11-22-21(23(31)15-24(22)32)8-3-1-2-4-9-25(33)28-16-26(34)37-12-13-39-29(35)36/h1,3,5-7,10-11,14,19,21-24,30-32H,2,4,8-9,12-13,15-17H2,(H,28,33)/t19-,21-,22-,23+,24-/m1/s1. The Hall–Kier alpha value is -3.19. The molecule has 0 spiro atoms. The van der Waals surface area contributed by atoms with E-state index in [4.69, 9.17) is 16.3 Å². The zero-order valence-electron chi connectivity index (χ0n) is 21.4. The van der Waals surface area contributed by atoms with Crippen molar-refractivity contribution in [3.8, 4) is 5.75 Å². The fourth-order valence-electron chi connectivity index (χ4n) is 4.09. The number of aliphatic hydroxyl groups is 3. The summed E-state index contributed by atoms with van der Waals surface area (Å²) in [5.41, 5.74) is 0. The molecular formula is C26H35ClN2O10. The average molecular weight is 571 g/mol. The molecule has 5 atom stereocenters. The number of benzene rings is 1. The molecule has 1 aromatic rings. The first-order chi connectivity index (χ1) is 18.7. The topological polar surface area (TPSA) is 178 Å². The number of carbonyl (C=O) groups excluding carboxylic acids is 2. The van der Waals surface area contributed by atoms with E-state index < -0.39 is 29.4 Å². The number of amides is 1. The third kappa shape index (κ3) is 12.9. The van der Waals surface area contributed by atoms with Crippen LogP contribution in [0, 0.1) is 22.0 Å². The highest BCUT2D eigenvalue weighted by atomic mass is 35.5. The van der Waals surface area contributed by atoms with Crippen LogP contribution < -0.4 is 10.1 Å². The molecule has 0 radical (unpaired) electrons. The second-order valence-corrected chi connectivity index (χ2v) is 9.42. The van der Waals surface area contributed by atoms with Crippen LogP contribution >= 0.6 is 11.6 Å². The zero-order chi connectivity index (χ0) is 28.6. The van der Waals surface area contributed by atoms with Crippen molar-refractivity contribution in [2.75, 3.05) is 26.4 Å². The number of carbonyl (C=O) groups is 2. The lowest BCUT2D eigenvalue weighted by molar-refractivity contribution is -0.757. The van der Waals surface area contributed by atoms with Crippen molar-refractivity contribution in [3.05, 3.63) is 63.7 Å². The molecule has 2 rings (SSSR count). The number of nitrogens with zero attached hydrogens (tertiary/aromatic N) is 1. The van der Waals surface area contributed by atoms with Crippen LogP contribution in [-0.4, -0.2) is 77.0 Å².